The first-order valence-electron chi connectivity index (χ1n) is 5.25. The Kier molecular flexibility index (Phi) is 4.62. The number of hydrogen-bond acceptors (Lipinski definition) is 6. The summed E-state index contributed by atoms with van der Waals surface area (Å²) in [5.74, 6) is -0.620. The standard InChI is InChI=1S/C11H18N2O3S/c1-8-9(17-7-12-8)5-13(3)6-11(2,15)10(14)16-4/h7,15H,5-6H2,1-4H3. The molecular formula is C11H18N2O3S. The molecule has 0 spiro atoms. The quantitative estimate of drug-likeness (QED) is 0.792. The SMILES string of the molecule is COC(=O)C(C)(O)CN(C)Cc1scnc1C. The number of likely N-dealkylation sites (N-methyl/N-ethyl adjacent to an activating group) is 1. The number of carbonyl (C=O) groups excluding carboxylic acids is 1. The van der Waals surface area contributed by atoms with Crippen LogP contribution in [-0.4, -0.2) is 47.3 Å². The summed E-state index contributed by atoms with van der Waals surface area (Å²) in [6.07, 6.45) is 0. The van der Waals surface area contributed by atoms with Gasteiger partial charge in [-0.25, -0.2) is 9.78 Å². The van der Waals surface area contributed by atoms with Gasteiger partial charge in [-0.3, -0.25) is 4.90 Å². The first kappa shape index (κ1) is 14.1. The monoisotopic (exact) mass is 258 g/mol. The minimum atomic E-state index is -1.48. The van der Waals surface area contributed by atoms with Crippen LogP contribution in [0, 0.1) is 6.92 Å². The summed E-state index contributed by atoms with van der Waals surface area (Å²) in [5.41, 5.74) is 1.29. The molecule has 1 aromatic heterocycles. The highest BCUT2D eigenvalue weighted by molar-refractivity contribution is 7.09. The number of aromatic nitrogens is 1. The molecule has 1 N–H and O–H groups in total. The van der Waals surface area contributed by atoms with Crippen molar-refractivity contribution in [2.24, 2.45) is 0 Å². The van der Waals surface area contributed by atoms with Crippen molar-refractivity contribution in [1.29, 1.82) is 0 Å². The zero-order valence-corrected chi connectivity index (χ0v) is 11.4. The van der Waals surface area contributed by atoms with Gasteiger partial charge < -0.3 is 9.84 Å². The Morgan fingerprint density at radius 1 is 1.71 bits per heavy atom. The van der Waals surface area contributed by atoms with Gasteiger partial charge in [0.15, 0.2) is 5.60 Å². The molecule has 1 atom stereocenters. The molecule has 0 aliphatic heterocycles. The fourth-order valence-electron chi connectivity index (χ4n) is 1.59. The first-order chi connectivity index (χ1) is 7.86. The number of thiazole rings is 1. The van der Waals surface area contributed by atoms with Crippen LogP contribution in [0.25, 0.3) is 0 Å². The van der Waals surface area contributed by atoms with Crippen LogP contribution in [-0.2, 0) is 16.1 Å². The molecule has 1 unspecified atom stereocenters. The average molecular weight is 258 g/mol. The van der Waals surface area contributed by atoms with Gasteiger partial charge in [-0.1, -0.05) is 0 Å². The van der Waals surface area contributed by atoms with Crippen molar-refractivity contribution < 1.29 is 14.6 Å². The third-order valence-corrected chi connectivity index (χ3v) is 3.38. The van der Waals surface area contributed by atoms with Gasteiger partial charge in [0, 0.05) is 18.0 Å². The fraction of sp³-hybridized carbons (Fsp3) is 0.636. The summed E-state index contributed by atoms with van der Waals surface area (Å²) >= 11 is 1.57. The molecule has 0 aromatic carbocycles. The van der Waals surface area contributed by atoms with Crippen molar-refractivity contribution in [3.8, 4) is 0 Å². The summed E-state index contributed by atoms with van der Waals surface area (Å²) in [7, 11) is 3.11. The number of aryl methyl sites for hydroxylation is 1. The third-order valence-electron chi connectivity index (χ3n) is 2.46. The van der Waals surface area contributed by atoms with E-state index in [1.54, 1.807) is 16.8 Å². The molecule has 0 bridgehead atoms. The minimum absolute atomic E-state index is 0.219. The molecule has 1 heterocycles. The number of carbonyl (C=O) groups is 1. The highest BCUT2D eigenvalue weighted by atomic mass is 32.1. The molecule has 0 aliphatic carbocycles. The molecule has 1 aromatic rings. The maximum absolute atomic E-state index is 11.3. The van der Waals surface area contributed by atoms with Crippen LogP contribution in [0.1, 0.15) is 17.5 Å². The number of nitrogens with zero attached hydrogens (tertiary/aromatic N) is 2. The van der Waals surface area contributed by atoms with E-state index in [9.17, 15) is 9.90 Å². The van der Waals surface area contributed by atoms with E-state index in [1.165, 1.54) is 14.0 Å². The Morgan fingerprint density at radius 2 is 2.35 bits per heavy atom. The molecule has 17 heavy (non-hydrogen) atoms. The normalized spacial score (nSPS) is 14.7. The van der Waals surface area contributed by atoms with E-state index in [-0.39, 0.29) is 6.54 Å². The van der Waals surface area contributed by atoms with E-state index in [0.717, 1.165) is 10.6 Å². The van der Waals surface area contributed by atoms with E-state index in [2.05, 4.69) is 9.72 Å². The second kappa shape index (κ2) is 5.57. The number of aliphatic hydroxyl groups is 1. The van der Waals surface area contributed by atoms with E-state index >= 15 is 0 Å². The first-order valence-corrected chi connectivity index (χ1v) is 6.13. The Morgan fingerprint density at radius 3 is 2.82 bits per heavy atom. The highest BCUT2D eigenvalue weighted by Gasteiger charge is 2.32. The maximum Gasteiger partial charge on any atom is 0.338 e. The lowest BCUT2D eigenvalue weighted by Crippen LogP contribution is -2.46. The number of methoxy groups -OCH3 is 1. The van der Waals surface area contributed by atoms with Gasteiger partial charge in [0.1, 0.15) is 0 Å². The molecule has 0 fully saturated rings. The van der Waals surface area contributed by atoms with Gasteiger partial charge in [-0.05, 0) is 20.9 Å². The third kappa shape index (κ3) is 3.76. The largest absolute Gasteiger partial charge is 0.467 e. The smallest absolute Gasteiger partial charge is 0.338 e. The van der Waals surface area contributed by atoms with Gasteiger partial charge in [0.05, 0.1) is 18.3 Å². The lowest BCUT2D eigenvalue weighted by atomic mass is 10.1. The predicted molar refractivity (Wildman–Crippen MR) is 65.8 cm³/mol. The Balaban J connectivity index is 2.58. The van der Waals surface area contributed by atoms with Crippen LogP contribution < -0.4 is 0 Å². The van der Waals surface area contributed by atoms with E-state index in [0.29, 0.717) is 6.54 Å². The van der Waals surface area contributed by atoms with Crippen molar-refractivity contribution in [3.05, 3.63) is 16.1 Å². The van der Waals surface area contributed by atoms with Crippen LogP contribution >= 0.6 is 11.3 Å². The number of rotatable bonds is 5. The minimum Gasteiger partial charge on any atom is -0.467 e. The van der Waals surface area contributed by atoms with Gasteiger partial charge in [-0.15, -0.1) is 11.3 Å². The molecule has 0 radical (unpaired) electrons. The molecule has 0 aliphatic rings. The van der Waals surface area contributed by atoms with Crippen molar-refractivity contribution in [2.45, 2.75) is 26.0 Å². The summed E-state index contributed by atoms with van der Waals surface area (Å²) in [6, 6.07) is 0. The topological polar surface area (TPSA) is 62.7 Å². The Bertz CT molecular complexity index is 390. The maximum atomic E-state index is 11.3. The van der Waals surface area contributed by atoms with Gasteiger partial charge in [0.2, 0.25) is 0 Å². The average Bonchev–Trinajstić information content (AvgIpc) is 2.62. The van der Waals surface area contributed by atoms with E-state index < -0.39 is 11.6 Å². The van der Waals surface area contributed by atoms with E-state index in [4.69, 9.17) is 0 Å². The van der Waals surface area contributed by atoms with Crippen molar-refractivity contribution in [2.75, 3.05) is 20.7 Å². The zero-order chi connectivity index (χ0) is 13.1. The van der Waals surface area contributed by atoms with Crippen LogP contribution in [0.2, 0.25) is 0 Å². The molecule has 0 saturated heterocycles. The second-order valence-corrected chi connectivity index (χ2v) is 5.24. The summed E-state index contributed by atoms with van der Waals surface area (Å²) < 4.78 is 4.55. The van der Waals surface area contributed by atoms with Crippen LogP contribution in [0.3, 0.4) is 0 Å². The molecule has 1 rings (SSSR count). The predicted octanol–water partition coefficient (Wildman–Crippen LogP) is 0.807. The number of ether oxygens (including phenoxy) is 1. The van der Waals surface area contributed by atoms with Crippen molar-refractivity contribution in [1.82, 2.24) is 9.88 Å². The van der Waals surface area contributed by atoms with Crippen LogP contribution in [0.15, 0.2) is 5.51 Å². The molecule has 6 heteroatoms. The summed E-state index contributed by atoms with van der Waals surface area (Å²) in [4.78, 5) is 18.5. The van der Waals surface area contributed by atoms with Gasteiger partial charge in [0.25, 0.3) is 0 Å². The Labute approximate surface area is 105 Å². The Hall–Kier alpha value is -0.980. The highest BCUT2D eigenvalue weighted by Crippen LogP contribution is 2.16. The zero-order valence-electron chi connectivity index (χ0n) is 10.6. The van der Waals surface area contributed by atoms with E-state index in [1.807, 2.05) is 18.9 Å². The number of esters is 1. The molecular weight excluding hydrogens is 240 g/mol. The molecule has 0 amide bonds. The molecule has 96 valence electrons. The molecule has 5 nitrogen and oxygen atoms in total. The number of hydrogen-bond donors (Lipinski definition) is 1. The van der Waals surface area contributed by atoms with Crippen molar-refractivity contribution in [3.63, 3.8) is 0 Å². The fourth-order valence-corrected chi connectivity index (χ4v) is 2.45. The second-order valence-electron chi connectivity index (χ2n) is 4.30. The van der Waals surface area contributed by atoms with Crippen LogP contribution in [0.4, 0.5) is 0 Å². The summed E-state index contributed by atoms with van der Waals surface area (Å²) in [6.45, 7) is 4.27. The van der Waals surface area contributed by atoms with Crippen LogP contribution in [0.5, 0.6) is 0 Å². The lowest BCUT2D eigenvalue weighted by molar-refractivity contribution is -0.162. The van der Waals surface area contributed by atoms with Crippen molar-refractivity contribution >= 4 is 17.3 Å². The van der Waals surface area contributed by atoms with Gasteiger partial charge in [-0.2, -0.15) is 0 Å². The molecule has 0 saturated carbocycles. The lowest BCUT2D eigenvalue weighted by Gasteiger charge is -2.26. The van der Waals surface area contributed by atoms with Gasteiger partial charge >= 0.3 is 5.97 Å². The summed E-state index contributed by atoms with van der Waals surface area (Å²) in [5, 5.41) is 9.92.